The van der Waals surface area contributed by atoms with Crippen LogP contribution in [-0.4, -0.2) is 0 Å². The summed E-state index contributed by atoms with van der Waals surface area (Å²) in [6.45, 7) is 0. The molecule has 0 amide bonds. The molecule has 0 bridgehead atoms. The van der Waals surface area contributed by atoms with Crippen LogP contribution in [0.15, 0.2) is 174 Å². The lowest BCUT2D eigenvalue weighted by molar-refractivity contribution is 0.669. The van der Waals surface area contributed by atoms with Crippen LogP contribution in [0.1, 0.15) is 12.3 Å². The van der Waals surface area contributed by atoms with Gasteiger partial charge < -0.3 is 4.42 Å². The highest BCUT2D eigenvalue weighted by atomic mass is 16.3. The molecule has 0 aliphatic rings. The molecule has 0 atom stereocenters. The van der Waals surface area contributed by atoms with Crippen molar-refractivity contribution >= 4 is 43.5 Å². The summed E-state index contributed by atoms with van der Waals surface area (Å²) in [7, 11) is 0. The zero-order valence-electron chi connectivity index (χ0n) is 32.9. The van der Waals surface area contributed by atoms with E-state index in [1.165, 1.54) is 0 Å². The van der Waals surface area contributed by atoms with Crippen LogP contribution in [-0.2, 0) is 0 Å². The molecule has 0 unspecified atom stereocenters. The molecule has 1 heterocycles. The Bertz CT molecular complexity index is 2960. The molecule has 9 rings (SSSR count). The molecule has 0 fully saturated rings. The largest absolute Gasteiger partial charge is 0.456 e. The van der Waals surface area contributed by atoms with E-state index in [1.54, 1.807) is 0 Å². The lowest BCUT2D eigenvalue weighted by atomic mass is 9.82. The number of rotatable bonds is 4. The Morgan fingerprint density at radius 3 is 1.56 bits per heavy atom. The Morgan fingerprint density at radius 2 is 0.889 bits per heavy atom. The van der Waals surface area contributed by atoms with Crippen LogP contribution in [0.25, 0.3) is 88.0 Å². The van der Waals surface area contributed by atoms with Crippen molar-refractivity contribution in [3.8, 4) is 44.5 Å². The van der Waals surface area contributed by atoms with Crippen molar-refractivity contribution in [2.75, 3.05) is 0 Å². The van der Waals surface area contributed by atoms with E-state index in [1.807, 2.05) is 91.0 Å². The SMILES string of the molecule is [2H]c1c([2H])c([2H])c(-c2c([2H])c([2H])c([2H])c([2H])c2-c2c3ccccc3c(-c3cc4oc5ccccc5c4cc3-c3ccccc3)c3ccccc23)c([2H])c1[2H]. The van der Waals surface area contributed by atoms with E-state index in [2.05, 4.69) is 24.3 Å². The summed E-state index contributed by atoms with van der Waals surface area (Å²) < 4.78 is 85.2. The first-order valence-electron chi connectivity index (χ1n) is 19.2. The van der Waals surface area contributed by atoms with E-state index in [4.69, 9.17) is 15.4 Å². The third-order valence-electron chi connectivity index (χ3n) is 8.49. The van der Waals surface area contributed by atoms with Crippen LogP contribution in [0.3, 0.4) is 0 Å². The molecular weight excluding hydrogens is 544 g/mol. The van der Waals surface area contributed by atoms with E-state index in [0.717, 1.165) is 49.4 Å². The standard InChI is InChI=1S/C44H28O/c1-3-15-29(16-4-1)31-19-7-8-21-33(31)43-34-22-9-11-24-36(34)44(37-25-12-10-23-35(37)43)40-28-42-39(32-20-13-14-26-41(32)45-42)27-38(40)30-17-5-2-6-18-30/h1-28H/i1D,3D,4D,7D,8D,15D,16D,19D,21D. The summed E-state index contributed by atoms with van der Waals surface area (Å²) >= 11 is 0. The Balaban J connectivity index is 1.47. The Morgan fingerprint density at radius 1 is 0.356 bits per heavy atom. The minimum atomic E-state index is -0.594. The fourth-order valence-corrected chi connectivity index (χ4v) is 6.59. The van der Waals surface area contributed by atoms with Gasteiger partial charge in [-0.25, -0.2) is 0 Å². The molecule has 9 aromatic rings. The second kappa shape index (κ2) is 10.4. The smallest absolute Gasteiger partial charge is 0.136 e. The van der Waals surface area contributed by atoms with Gasteiger partial charge in [-0.05, 0) is 84.3 Å². The van der Waals surface area contributed by atoms with Crippen LogP contribution in [0.2, 0.25) is 0 Å². The van der Waals surface area contributed by atoms with E-state index >= 15 is 0 Å². The molecule has 0 saturated heterocycles. The normalized spacial score (nSPS) is 14.4. The molecular formula is C44H28O. The number of hydrogen-bond acceptors (Lipinski definition) is 1. The van der Waals surface area contributed by atoms with E-state index in [9.17, 15) is 1.37 Å². The topological polar surface area (TPSA) is 13.1 Å². The molecule has 0 aliphatic carbocycles. The predicted octanol–water partition coefficient (Wildman–Crippen LogP) is 12.6. The molecule has 45 heavy (non-hydrogen) atoms. The van der Waals surface area contributed by atoms with Crippen molar-refractivity contribution in [2.24, 2.45) is 0 Å². The Labute approximate surface area is 274 Å². The van der Waals surface area contributed by atoms with Crippen molar-refractivity contribution in [3.05, 3.63) is 170 Å². The summed E-state index contributed by atoms with van der Waals surface area (Å²) in [6, 6.07) is 32.8. The van der Waals surface area contributed by atoms with Gasteiger partial charge in [0.05, 0.1) is 12.3 Å². The molecule has 0 radical (unpaired) electrons. The van der Waals surface area contributed by atoms with Gasteiger partial charge in [0, 0.05) is 10.8 Å². The van der Waals surface area contributed by atoms with Crippen molar-refractivity contribution < 1.29 is 16.8 Å². The van der Waals surface area contributed by atoms with Gasteiger partial charge in [0.2, 0.25) is 0 Å². The second-order valence-electron chi connectivity index (χ2n) is 10.9. The van der Waals surface area contributed by atoms with Gasteiger partial charge in [-0.15, -0.1) is 0 Å². The van der Waals surface area contributed by atoms with Gasteiger partial charge in [0.15, 0.2) is 0 Å². The highest BCUT2D eigenvalue weighted by molar-refractivity contribution is 6.24. The number of hydrogen-bond donors (Lipinski definition) is 0. The van der Waals surface area contributed by atoms with Crippen LogP contribution < -0.4 is 0 Å². The van der Waals surface area contributed by atoms with Gasteiger partial charge in [-0.2, -0.15) is 0 Å². The molecule has 0 spiro atoms. The first kappa shape index (κ1) is 18.0. The summed E-state index contributed by atoms with van der Waals surface area (Å²) in [4.78, 5) is 0. The minimum absolute atomic E-state index is 0.0505. The predicted molar refractivity (Wildman–Crippen MR) is 190 cm³/mol. The molecule has 0 N–H and O–H groups in total. The number of benzene rings is 8. The van der Waals surface area contributed by atoms with Crippen molar-refractivity contribution in [1.82, 2.24) is 0 Å². The highest BCUT2D eigenvalue weighted by Gasteiger charge is 2.22. The second-order valence-corrected chi connectivity index (χ2v) is 10.9. The van der Waals surface area contributed by atoms with Crippen LogP contribution >= 0.6 is 0 Å². The molecule has 0 saturated carbocycles. The summed E-state index contributed by atoms with van der Waals surface area (Å²) in [5, 5.41) is 4.88. The number of furan rings is 1. The highest BCUT2D eigenvalue weighted by Crippen LogP contribution is 2.49. The third-order valence-corrected chi connectivity index (χ3v) is 8.49. The van der Waals surface area contributed by atoms with Gasteiger partial charge in [0.1, 0.15) is 11.2 Å². The van der Waals surface area contributed by atoms with E-state index in [0.29, 0.717) is 21.9 Å². The average Bonchev–Trinajstić information content (AvgIpc) is 3.57. The monoisotopic (exact) mass is 581 g/mol. The van der Waals surface area contributed by atoms with E-state index in [-0.39, 0.29) is 22.7 Å². The zero-order valence-corrected chi connectivity index (χ0v) is 23.9. The molecule has 1 nitrogen and oxygen atoms in total. The molecule has 8 aromatic carbocycles. The van der Waals surface area contributed by atoms with Crippen LogP contribution in [0, 0.1) is 0 Å². The number of fused-ring (bicyclic) bond motifs is 5. The Kier molecular flexibility index (Phi) is 4.15. The number of para-hydroxylation sites is 1. The molecule has 1 heteroatoms. The first-order valence-corrected chi connectivity index (χ1v) is 14.7. The maximum atomic E-state index is 9.35. The lowest BCUT2D eigenvalue weighted by Crippen LogP contribution is -1.94. The fourth-order valence-electron chi connectivity index (χ4n) is 6.59. The van der Waals surface area contributed by atoms with Gasteiger partial charge in [0.25, 0.3) is 0 Å². The van der Waals surface area contributed by atoms with Crippen molar-refractivity contribution in [2.45, 2.75) is 0 Å². The minimum Gasteiger partial charge on any atom is -0.456 e. The average molecular weight is 582 g/mol. The lowest BCUT2D eigenvalue weighted by Gasteiger charge is -2.21. The molecule has 1 aromatic heterocycles. The van der Waals surface area contributed by atoms with Gasteiger partial charge >= 0.3 is 0 Å². The molecule has 210 valence electrons. The van der Waals surface area contributed by atoms with Gasteiger partial charge in [-0.1, -0.05) is 151 Å². The summed E-state index contributed by atoms with van der Waals surface area (Å²) in [5.41, 5.74) is 5.30. The fraction of sp³-hybridized carbons (Fsp3) is 0. The summed E-state index contributed by atoms with van der Waals surface area (Å²) in [6.07, 6.45) is 0. The van der Waals surface area contributed by atoms with Crippen LogP contribution in [0.5, 0.6) is 0 Å². The third kappa shape index (κ3) is 4.09. The maximum absolute atomic E-state index is 9.35. The maximum Gasteiger partial charge on any atom is 0.136 e. The summed E-state index contributed by atoms with van der Waals surface area (Å²) in [5.74, 6) is 0. The van der Waals surface area contributed by atoms with E-state index < -0.39 is 48.3 Å². The van der Waals surface area contributed by atoms with Gasteiger partial charge in [-0.3, -0.25) is 0 Å². The van der Waals surface area contributed by atoms with Crippen molar-refractivity contribution in [3.63, 3.8) is 0 Å². The van der Waals surface area contributed by atoms with Crippen LogP contribution in [0.4, 0.5) is 0 Å². The quantitative estimate of drug-likeness (QED) is 0.188. The molecule has 0 aliphatic heterocycles. The zero-order chi connectivity index (χ0) is 37.6. The Hall–Kier alpha value is -5.92. The van der Waals surface area contributed by atoms with Crippen molar-refractivity contribution in [1.29, 1.82) is 0 Å². The first-order chi connectivity index (χ1) is 26.1.